The Bertz CT molecular complexity index is 372. The second-order valence-corrected chi connectivity index (χ2v) is 8.64. The summed E-state index contributed by atoms with van der Waals surface area (Å²) in [6.45, 7) is -2.04. The van der Waals surface area contributed by atoms with Crippen LogP contribution < -0.4 is 0 Å². The van der Waals surface area contributed by atoms with E-state index >= 15 is 0 Å². The molecule has 0 spiro atoms. The van der Waals surface area contributed by atoms with Gasteiger partial charge in [-0.1, -0.05) is 0 Å². The molecule has 0 fully saturated rings. The Morgan fingerprint density at radius 3 is 1.20 bits per heavy atom. The molecule has 0 aliphatic rings. The van der Waals surface area contributed by atoms with E-state index < -0.39 is 75.0 Å². The highest BCUT2D eigenvalue weighted by Gasteiger charge is 2.27. The molecule has 0 N–H and O–H groups in total. The van der Waals surface area contributed by atoms with Crippen molar-refractivity contribution < 1.29 is 48.7 Å². The van der Waals surface area contributed by atoms with E-state index in [4.69, 9.17) is 0 Å². The van der Waals surface area contributed by atoms with Gasteiger partial charge in [0.05, 0.1) is 0 Å². The first-order valence-electron chi connectivity index (χ1n) is 4.22. The van der Waals surface area contributed by atoms with Crippen LogP contribution in [0.2, 0.25) is 0 Å². The van der Waals surface area contributed by atoms with Crippen molar-refractivity contribution in [3.05, 3.63) is 0 Å². The minimum Gasteiger partial charge on any atom is -0.771 e. The van der Waals surface area contributed by atoms with E-state index in [1.54, 1.807) is 0 Å². The molecule has 0 amide bonds. The van der Waals surface area contributed by atoms with Crippen LogP contribution in [0.4, 0.5) is 0 Å². The van der Waals surface area contributed by atoms with Crippen molar-refractivity contribution in [2.75, 3.05) is 13.2 Å². The maximum absolute atomic E-state index is 11.0. The Morgan fingerprint density at radius 1 is 0.750 bits per heavy atom. The van der Waals surface area contributed by atoms with Crippen molar-refractivity contribution in [3.63, 3.8) is 0 Å². The van der Waals surface area contributed by atoms with Crippen molar-refractivity contribution >= 4 is 52.6 Å². The molecule has 0 aromatic carbocycles. The Balaban J connectivity index is 4.30. The van der Waals surface area contributed by atoms with Gasteiger partial charge in [0.25, 0.3) is 0 Å². The first-order valence-corrected chi connectivity index (χ1v) is 9.87. The van der Waals surface area contributed by atoms with E-state index in [0.29, 0.717) is 0 Å². The van der Waals surface area contributed by atoms with E-state index in [0.717, 1.165) is 0 Å². The van der Waals surface area contributed by atoms with Crippen LogP contribution in [-0.4, -0.2) is 57.4 Å². The number of rotatable bonds is 10. The molecular formula is C4H6O11PS4-3. The molecule has 0 aliphatic heterocycles. The summed E-state index contributed by atoms with van der Waals surface area (Å²) in [7, 11) is -3.09. The Kier molecular flexibility index (Phi) is 10.5. The highest BCUT2D eigenvalue weighted by atomic mass is 32.3. The molecule has 0 aliphatic carbocycles. The second-order valence-electron chi connectivity index (χ2n) is 2.72. The second kappa shape index (κ2) is 10.2. The fraction of sp³-hybridized carbons (Fsp3) is 1.00. The minimum atomic E-state index is -3.09. The summed E-state index contributed by atoms with van der Waals surface area (Å²) in [4.78, 5) is 0. The van der Waals surface area contributed by atoms with Crippen molar-refractivity contribution in [3.8, 4) is 0 Å². The Morgan fingerprint density at radius 2 is 1.00 bits per heavy atom. The smallest absolute Gasteiger partial charge is 0.697 e. The molecule has 20 heavy (non-hydrogen) atoms. The summed E-state index contributed by atoms with van der Waals surface area (Å²) in [5, 5.41) is 0. The van der Waals surface area contributed by atoms with Crippen molar-refractivity contribution in [2.24, 2.45) is 0 Å². The van der Waals surface area contributed by atoms with Gasteiger partial charge in [0.1, 0.15) is 22.4 Å². The maximum Gasteiger partial charge on any atom is 0.697 e. The molecule has 11 nitrogen and oxygen atoms in total. The highest BCUT2D eigenvalue weighted by Crippen LogP contribution is 2.25. The normalized spacial score (nSPS) is 21.5. The average Bonchev–Trinajstić information content (AvgIpc) is 2.27. The van der Waals surface area contributed by atoms with E-state index in [2.05, 4.69) is 9.05 Å². The van der Waals surface area contributed by atoms with Crippen LogP contribution in [0.3, 0.4) is 0 Å². The van der Waals surface area contributed by atoms with Crippen LogP contribution >= 0.6 is 8.25 Å². The van der Waals surface area contributed by atoms with Gasteiger partial charge in [-0.3, -0.25) is 16.8 Å². The van der Waals surface area contributed by atoms with Gasteiger partial charge in [-0.05, 0) is 44.3 Å². The van der Waals surface area contributed by atoms with Crippen LogP contribution in [0.5, 0.6) is 0 Å². The lowest BCUT2D eigenvalue weighted by atomic mass is 10.9. The zero-order chi connectivity index (χ0) is 15.9. The molecule has 0 aromatic rings. The molecule has 0 radical (unpaired) electrons. The van der Waals surface area contributed by atoms with Crippen LogP contribution in [-0.2, 0) is 57.9 Å². The topological polar surface area (TPSA) is 196 Å². The third-order valence-corrected chi connectivity index (χ3v) is 6.36. The van der Waals surface area contributed by atoms with E-state index in [1.165, 1.54) is 0 Å². The summed E-state index contributed by atoms with van der Waals surface area (Å²) in [6.07, 6.45) is 0. The zero-order valence-corrected chi connectivity index (χ0v) is 13.3. The lowest BCUT2D eigenvalue weighted by molar-refractivity contribution is 0.236. The van der Waals surface area contributed by atoms with Gasteiger partial charge in [0.2, 0.25) is 0 Å². The largest absolute Gasteiger partial charge is 0.771 e. The average molecular weight is 389 g/mol. The van der Waals surface area contributed by atoms with Gasteiger partial charge in [-0.15, -0.1) is 9.05 Å². The van der Waals surface area contributed by atoms with E-state index in [9.17, 15) is 39.6 Å². The fourth-order valence-corrected chi connectivity index (χ4v) is 3.39. The van der Waals surface area contributed by atoms with Gasteiger partial charge in [0.15, 0.2) is 0 Å². The fourth-order valence-electron chi connectivity index (χ4n) is 0.631. The molecule has 0 aromatic heterocycles. The van der Waals surface area contributed by atoms with Crippen molar-refractivity contribution in [1.82, 2.24) is 0 Å². The maximum atomic E-state index is 11.0. The summed E-state index contributed by atoms with van der Waals surface area (Å²) < 4.78 is 98.9. The van der Waals surface area contributed by atoms with E-state index in [1.807, 2.05) is 0 Å². The van der Waals surface area contributed by atoms with Gasteiger partial charge < -0.3 is 18.2 Å². The predicted molar refractivity (Wildman–Crippen MR) is 62.8 cm³/mol. The molecule has 0 saturated heterocycles. The van der Waals surface area contributed by atoms with Crippen molar-refractivity contribution in [2.45, 2.75) is 9.16 Å². The molecule has 4 unspecified atom stereocenters. The standard InChI is InChI=1S/C4H9O11PS4/c5-16(14-1-3(17(6)7)18(8)9)15-2-4(19(10)11)20(12)13/h3-4H,1-2H2,(H3-,6,7,8,9,10,11,12,13)/p-3. The molecule has 120 valence electrons. The number of hydrogen-bond acceptors (Lipinski definition) is 11. The van der Waals surface area contributed by atoms with Gasteiger partial charge in [-0.2, -0.15) is 0 Å². The predicted octanol–water partition coefficient (Wildman–Crippen LogP) is -2.15. The Hall–Kier alpha value is 0.460. The first kappa shape index (κ1) is 20.5. The first-order chi connectivity index (χ1) is 9.16. The summed E-state index contributed by atoms with van der Waals surface area (Å²) in [6, 6.07) is 0. The van der Waals surface area contributed by atoms with E-state index in [-0.39, 0.29) is 0 Å². The molecule has 4 atom stereocenters. The molecule has 16 heteroatoms. The van der Waals surface area contributed by atoms with Crippen LogP contribution in [0.25, 0.3) is 0 Å². The molecule has 0 heterocycles. The highest BCUT2D eigenvalue weighted by molar-refractivity contribution is 7.98. The lowest BCUT2D eigenvalue weighted by Gasteiger charge is -2.19. The minimum absolute atomic E-state index is 1.02. The summed E-state index contributed by atoms with van der Waals surface area (Å²) in [5.74, 6) is 0. The summed E-state index contributed by atoms with van der Waals surface area (Å²) in [5.41, 5.74) is 0. The van der Waals surface area contributed by atoms with Crippen LogP contribution in [0.1, 0.15) is 0 Å². The lowest BCUT2D eigenvalue weighted by Crippen LogP contribution is -2.26. The van der Waals surface area contributed by atoms with Crippen molar-refractivity contribution in [1.29, 1.82) is 0 Å². The molecule has 0 bridgehead atoms. The Labute approximate surface area is 123 Å². The van der Waals surface area contributed by atoms with Gasteiger partial charge >= 0.3 is 8.25 Å². The van der Waals surface area contributed by atoms with Crippen LogP contribution in [0, 0.1) is 0 Å². The van der Waals surface area contributed by atoms with Gasteiger partial charge in [-0.25, -0.2) is 0 Å². The third kappa shape index (κ3) is 8.04. The quantitative estimate of drug-likeness (QED) is 0.291. The SMILES string of the molecule is O=[P+](OCC(S(=O)[O-])S(=O)[O-])OCC(S(=O)[O-])S(=O)[O-]. The van der Waals surface area contributed by atoms with Crippen LogP contribution in [0.15, 0.2) is 0 Å². The molecular weight excluding hydrogens is 383 g/mol. The monoisotopic (exact) mass is 389 g/mol. The zero-order valence-electron chi connectivity index (χ0n) is 9.14. The summed E-state index contributed by atoms with van der Waals surface area (Å²) >= 11 is -12.2. The molecule has 0 rings (SSSR count). The third-order valence-electron chi connectivity index (χ3n) is 1.49. The molecule has 0 saturated carbocycles. The number of hydrogen-bond donors (Lipinski definition) is 0. The van der Waals surface area contributed by atoms with Gasteiger partial charge in [0, 0.05) is 4.57 Å².